The summed E-state index contributed by atoms with van der Waals surface area (Å²) < 4.78 is 25.3. The number of nitrogens with zero attached hydrogens (tertiary/aromatic N) is 1. The lowest BCUT2D eigenvalue weighted by atomic mass is 10.3. The number of halogens is 2. The Bertz CT molecular complexity index is 227. The van der Waals surface area contributed by atoms with Gasteiger partial charge in [-0.2, -0.15) is 0 Å². The van der Waals surface area contributed by atoms with Crippen molar-refractivity contribution in [1.29, 1.82) is 0 Å². The molecule has 2 nitrogen and oxygen atoms in total. The molecule has 1 heterocycles. The van der Waals surface area contributed by atoms with Gasteiger partial charge in [0.05, 0.1) is 6.54 Å². The average Bonchev–Trinajstić information content (AvgIpc) is 2.48. The fourth-order valence-electron chi connectivity index (χ4n) is 1.33. The SMILES string of the molecule is CC.CC(=O)/C=C/CN1CCC(F)(F)C1. The van der Waals surface area contributed by atoms with Crippen molar-refractivity contribution >= 4 is 5.78 Å². The molecule has 1 aliphatic rings. The van der Waals surface area contributed by atoms with Gasteiger partial charge in [0.25, 0.3) is 5.92 Å². The van der Waals surface area contributed by atoms with E-state index in [0.717, 1.165) is 0 Å². The Morgan fingerprint density at radius 2 is 2.07 bits per heavy atom. The highest BCUT2D eigenvalue weighted by Gasteiger charge is 2.37. The van der Waals surface area contributed by atoms with E-state index in [1.807, 2.05) is 13.8 Å². The Morgan fingerprint density at radius 1 is 1.47 bits per heavy atom. The van der Waals surface area contributed by atoms with Crippen LogP contribution in [-0.2, 0) is 4.79 Å². The van der Waals surface area contributed by atoms with E-state index in [1.165, 1.54) is 13.0 Å². The fraction of sp³-hybridized carbons (Fsp3) is 0.727. The van der Waals surface area contributed by atoms with Crippen LogP contribution in [0, 0.1) is 0 Å². The van der Waals surface area contributed by atoms with Crippen molar-refractivity contribution in [3.05, 3.63) is 12.2 Å². The monoisotopic (exact) mass is 219 g/mol. The number of carbonyl (C=O) groups is 1. The highest BCUT2D eigenvalue weighted by molar-refractivity contribution is 5.87. The van der Waals surface area contributed by atoms with Crippen LogP contribution in [0.5, 0.6) is 0 Å². The summed E-state index contributed by atoms with van der Waals surface area (Å²) in [5, 5.41) is 0. The second-order valence-electron chi connectivity index (χ2n) is 3.35. The zero-order valence-corrected chi connectivity index (χ0v) is 9.59. The van der Waals surface area contributed by atoms with Gasteiger partial charge < -0.3 is 0 Å². The third-order valence-electron chi connectivity index (χ3n) is 1.96. The van der Waals surface area contributed by atoms with Gasteiger partial charge in [-0.3, -0.25) is 9.69 Å². The van der Waals surface area contributed by atoms with Crippen molar-refractivity contribution in [2.75, 3.05) is 19.6 Å². The average molecular weight is 219 g/mol. The van der Waals surface area contributed by atoms with E-state index in [2.05, 4.69) is 0 Å². The van der Waals surface area contributed by atoms with E-state index in [0.29, 0.717) is 13.1 Å². The summed E-state index contributed by atoms with van der Waals surface area (Å²) in [5.74, 6) is -2.59. The zero-order chi connectivity index (χ0) is 11.9. The number of likely N-dealkylation sites (tertiary alicyclic amines) is 1. The Kier molecular flexibility index (Phi) is 6.32. The first kappa shape index (κ1) is 14.2. The third-order valence-corrected chi connectivity index (χ3v) is 1.96. The molecule has 0 aliphatic carbocycles. The van der Waals surface area contributed by atoms with Gasteiger partial charge in [0.2, 0.25) is 0 Å². The second-order valence-corrected chi connectivity index (χ2v) is 3.35. The van der Waals surface area contributed by atoms with Gasteiger partial charge in [-0.1, -0.05) is 19.9 Å². The molecule has 0 unspecified atom stereocenters. The van der Waals surface area contributed by atoms with Crippen molar-refractivity contribution in [2.45, 2.75) is 33.1 Å². The van der Waals surface area contributed by atoms with Gasteiger partial charge in [0.15, 0.2) is 5.78 Å². The maximum absolute atomic E-state index is 12.6. The van der Waals surface area contributed by atoms with Crippen LogP contribution in [0.15, 0.2) is 12.2 Å². The first-order chi connectivity index (χ1) is 6.99. The van der Waals surface area contributed by atoms with Crippen molar-refractivity contribution in [2.24, 2.45) is 0 Å². The van der Waals surface area contributed by atoms with Crippen LogP contribution in [0.2, 0.25) is 0 Å². The molecule has 0 radical (unpaired) electrons. The second kappa shape index (κ2) is 6.67. The van der Waals surface area contributed by atoms with E-state index >= 15 is 0 Å². The molecule has 1 fully saturated rings. The molecule has 0 amide bonds. The molecule has 0 N–H and O–H groups in total. The highest BCUT2D eigenvalue weighted by atomic mass is 19.3. The standard InChI is InChI=1S/C9H13F2NO.C2H6/c1-8(13)3-2-5-12-6-4-9(10,11)7-12;1-2/h2-3H,4-7H2,1H3;1-2H3/b3-2+;. The Hall–Kier alpha value is -0.770. The smallest absolute Gasteiger partial charge is 0.261 e. The van der Waals surface area contributed by atoms with E-state index in [4.69, 9.17) is 0 Å². The molecule has 88 valence electrons. The lowest BCUT2D eigenvalue weighted by Crippen LogP contribution is -2.25. The highest BCUT2D eigenvalue weighted by Crippen LogP contribution is 2.26. The number of ketones is 1. The van der Waals surface area contributed by atoms with Gasteiger partial charge in [-0.05, 0) is 13.0 Å². The zero-order valence-electron chi connectivity index (χ0n) is 9.59. The normalized spacial score (nSPS) is 20.1. The first-order valence-electron chi connectivity index (χ1n) is 5.27. The van der Waals surface area contributed by atoms with Crippen molar-refractivity contribution in [1.82, 2.24) is 4.90 Å². The van der Waals surface area contributed by atoms with E-state index < -0.39 is 5.92 Å². The molecule has 0 aromatic heterocycles. The molecular weight excluding hydrogens is 200 g/mol. The number of hydrogen-bond donors (Lipinski definition) is 0. The fourth-order valence-corrected chi connectivity index (χ4v) is 1.33. The minimum absolute atomic E-state index is 0.0500. The van der Waals surface area contributed by atoms with Gasteiger partial charge in [0.1, 0.15) is 0 Å². The van der Waals surface area contributed by atoms with Crippen LogP contribution >= 0.6 is 0 Å². The molecule has 15 heavy (non-hydrogen) atoms. The van der Waals surface area contributed by atoms with Crippen LogP contribution in [0.25, 0.3) is 0 Å². The predicted molar refractivity (Wildman–Crippen MR) is 57.2 cm³/mol. The summed E-state index contributed by atoms with van der Waals surface area (Å²) in [4.78, 5) is 12.1. The van der Waals surface area contributed by atoms with Gasteiger partial charge in [-0.15, -0.1) is 0 Å². The van der Waals surface area contributed by atoms with Crippen molar-refractivity contribution in [3.8, 4) is 0 Å². The molecule has 0 spiro atoms. The largest absolute Gasteiger partial charge is 0.295 e. The minimum atomic E-state index is -2.54. The molecule has 0 saturated carbocycles. The lowest BCUT2D eigenvalue weighted by molar-refractivity contribution is -0.112. The number of allylic oxidation sites excluding steroid dienone is 1. The molecule has 4 heteroatoms. The first-order valence-corrected chi connectivity index (χ1v) is 5.27. The van der Waals surface area contributed by atoms with Crippen molar-refractivity contribution < 1.29 is 13.6 Å². The van der Waals surface area contributed by atoms with Gasteiger partial charge in [-0.25, -0.2) is 8.78 Å². The molecule has 0 aromatic carbocycles. The number of alkyl halides is 2. The summed E-state index contributed by atoms with van der Waals surface area (Å²) in [5.41, 5.74) is 0. The van der Waals surface area contributed by atoms with Crippen molar-refractivity contribution in [3.63, 3.8) is 0 Å². The molecule has 0 aromatic rings. The number of hydrogen-bond acceptors (Lipinski definition) is 2. The molecular formula is C11H19F2NO. The quantitative estimate of drug-likeness (QED) is 0.680. The minimum Gasteiger partial charge on any atom is -0.295 e. The summed E-state index contributed by atoms with van der Waals surface area (Å²) in [6, 6.07) is 0. The van der Waals surface area contributed by atoms with Crippen LogP contribution in [0.3, 0.4) is 0 Å². The molecule has 1 saturated heterocycles. The van der Waals surface area contributed by atoms with Gasteiger partial charge in [0, 0.05) is 19.5 Å². The topological polar surface area (TPSA) is 20.3 Å². The third kappa shape index (κ3) is 6.33. The summed E-state index contributed by atoms with van der Waals surface area (Å²) in [6.07, 6.45) is 2.97. The number of rotatable bonds is 3. The summed E-state index contributed by atoms with van der Waals surface area (Å²) >= 11 is 0. The predicted octanol–water partition coefficient (Wildman–Crippen LogP) is 2.50. The van der Waals surface area contributed by atoms with E-state index in [9.17, 15) is 13.6 Å². The molecule has 0 atom stereocenters. The Balaban J connectivity index is 0.000000921. The van der Waals surface area contributed by atoms with Crippen LogP contribution < -0.4 is 0 Å². The molecule has 0 bridgehead atoms. The lowest BCUT2D eigenvalue weighted by Gasteiger charge is -2.12. The summed E-state index contributed by atoms with van der Waals surface area (Å²) in [6.45, 7) is 6.11. The Morgan fingerprint density at radius 3 is 2.47 bits per heavy atom. The van der Waals surface area contributed by atoms with E-state index in [-0.39, 0.29) is 18.7 Å². The van der Waals surface area contributed by atoms with Crippen LogP contribution in [0.4, 0.5) is 8.78 Å². The Labute approximate surface area is 90.0 Å². The van der Waals surface area contributed by atoms with Crippen LogP contribution in [0.1, 0.15) is 27.2 Å². The van der Waals surface area contributed by atoms with Crippen LogP contribution in [-0.4, -0.2) is 36.2 Å². The molecule has 1 rings (SSSR count). The van der Waals surface area contributed by atoms with Gasteiger partial charge >= 0.3 is 0 Å². The molecule has 1 aliphatic heterocycles. The maximum Gasteiger partial charge on any atom is 0.261 e. The maximum atomic E-state index is 12.6. The number of carbonyl (C=O) groups excluding carboxylic acids is 1. The summed E-state index contributed by atoms with van der Waals surface area (Å²) in [7, 11) is 0. The van der Waals surface area contributed by atoms with E-state index in [1.54, 1.807) is 11.0 Å².